The van der Waals surface area contributed by atoms with Gasteiger partial charge in [0.05, 0.1) is 10.6 Å². The van der Waals surface area contributed by atoms with E-state index < -0.39 is 10.0 Å². The number of anilines is 2. The van der Waals surface area contributed by atoms with Crippen molar-refractivity contribution in [1.82, 2.24) is 0 Å². The van der Waals surface area contributed by atoms with Crippen LogP contribution in [0.4, 0.5) is 11.4 Å². The molecule has 0 unspecified atom stereocenters. The Hall–Kier alpha value is -3.12. The summed E-state index contributed by atoms with van der Waals surface area (Å²) in [5.74, 6) is -0.265. The summed E-state index contributed by atoms with van der Waals surface area (Å²) in [5, 5.41) is 3.03. The fraction of sp³-hybridized carbons (Fsp3) is 0.240. The Morgan fingerprint density at radius 2 is 1.48 bits per heavy atom. The third kappa shape index (κ3) is 4.80. The fourth-order valence-corrected chi connectivity index (χ4v) is 4.63. The molecule has 0 aliphatic rings. The van der Waals surface area contributed by atoms with Gasteiger partial charge in [-0.2, -0.15) is 0 Å². The van der Waals surface area contributed by atoms with Crippen LogP contribution >= 0.6 is 0 Å². The summed E-state index contributed by atoms with van der Waals surface area (Å²) in [6.07, 6.45) is 1.61. The first-order valence-electron chi connectivity index (χ1n) is 10.4. The average Bonchev–Trinajstić information content (AvgIpc) is 2.79. The topological polar surface area (TPSA) is 66.5 Å². The normalized spacial score (nSPS) is 11.2. The highest BCUT2D eigenvalue weighted by Crippen LogP contribution is 2.26. The van der Waals surface area contributed by atoms with E-state index >= 15 is 0 Å². The molecular weight excluding hydrogens is 408 g/mol. The van der Waals surface area contributed by atoms with Crippen LogP contribution in [0.15, 0.2) is 71.6 Å². The van der Waals surface area contributed by atoms with Gasteiger partial charge in [0.2, 0.25) is 0 Å². The second-order valence-electron chi connectivity index (χ2n) is 7.45. The minimum atomic E-state index is -3.73. The number of nitrogens with zero attached hydrogens (tertiary/aromatic N) is 1. The van der Waals surface area contributed by atoms with Gasteiger partial charge in [0, 0.05) is 18.3 Å². The Kier molecular flexibility index (Phi) is 6.81. The maximum atomic E-state index is 13.0. The Morgan fingerprint density at radius 1 is 0.903 bits per heavy atom. The highest BCUT2D eigenvalue weighted by molar-refractivity contribution is 7.92. The Bertz CT molecular complexity index is 1160. The smallest absolute Gasteiger partial charge is 0.264 e. The van der Waals surface area contributed by atoms with Crippen molar-refractivity contribution in [2.24, 2.45) is 0 Å². The largest absolute Gasteiger partial charge is 0.321 e. The first-order valence-corrected chi connectivity index (χ1v) is 11.8. The molecule has 31 heavy (non-hydrogen) atoms. The average molecular weight is 437 g/mol. The predicted molar refractivity (Wildman–Crippen MR) is 126 cm³/mol. The molecule has 6 heteroatoms. The Balaban J connectivity index is 1.90. The van der Waals surface area contributed by atoms with E-state index in [9.17, 15) is 13.2 Å². The molecule has 0 aliphatic heterocycles. The lowest BCUT2D eigenvalue weighted by molar-refractivity contribution is 0.102. The van der Waals surface area contributed by atoms with E-state index in [4.69, 9.17) is 0 Å². The van der Waals surface area contributed by atoms with Gasteiger partial charge in [-0.25, -0.2) is 8.42 Å². The minimum absolute atomic E-state index is 0.208. The zero-order chi connectivity index (χ0) is 22.6. The lowest BCUT2D eigenvalue weighted by atomic mass is 10.0. The summed E-state index contributed by atoms with van der Waals surface area (Å²) in [7, 11) is -2.24. The number of carbonyl (C=O) groups excluding carboxylic acids is 1. The molecule has 0 fully saturated rings. The molecule has 162 valence electrons. The third-order valence-corrected chi connectivity index (χ3v) is 7.19. The van der Waals surface area contributed by atoms with E-state index in [1.54, 1.807) is 48.5 Å². The van der Waals surface area contributed by atoms with E-state index in [2.05, 4.69) is 19.2 Å². The number of carbonyl (C=O) groups is 1. The van der Waals surface area contributed by atoms with Crippen molar-refractivity contribution < 1.29 is 13.2 Å². The molecule has 1 N–H and O–H groups in total. The van der Waals surface area contributed by atoms with E-state index in [-0.39, 0.29) is 10.8 Å². The molecule has 3 aromatic carbocycles. The molecule has 3 aromatic rings. The zero-order valence-electron chi connectivity index (χ0n) is 18.3. The second kappa shape index (κ2) is 9.35. The highest BCUT2D eigenvalue weighted by Gasteiger charge is 2.22. The SMILES string of the molecule is CCc1cccc(CC)c1NC(=O)c1cccc(N(C)S(=O)(=O)c2ccc(C)cc2)c1. The van der Waals surface area contributed by atoms with Gasteiger partial charge in [-0.15, -0.1) is 0 Å². The van der Waals surface area contributed by atoms with Crippen molar-refractivity contribution >= 4 is 27.3 Å². The third-order valence-electron chi connectivity index (χ3n) is 5.39. The number of hydrogen-bond acceptors (Lipinski definition) is 3. The number of amides is 1. The van der Waals surface area contributed by atoms with Crippen LogP contribution in [0.2, 0.25) is 0 Å². The number of sulfonamides is 1. The van der Waals surface area contributed by atoms with E-state index in [0.29, 0.717) is 11.3 Å². The van der Waals surface area contributed by atoms with Crippen LogP contribution in [0, 0.1) is 6.92 Å². The molecular formula is C25H28N2O3S. The quantitative estimate of drug-likeness (QED) is 0.554. The molecule has 3 rings (SSSR count). The van der Waals surface area contributed by atoms with Gasteiger partial charge in [0.15, 0.2) is 0 Å². The molecule has 0 bridgehead atoms. The van der Waals surface area contributed by atoms with Crippen LogP contribution in [0.3, 0.4) is 0 Å². The lowest BCUT2D eigenvalue weighted by Gasteiger charge is -2.20. The van der Waals surface area contributed by atoms with Crippen molar-refractivity contribution in [3.05, 3.63) is 89.0 Å². The van der Waals surface area contributed by atoms with Crippen molar-refractivity contribution in [3.63, 3.8) is 0 Å². The number of nitrogens with one attached hydrogen (secondary N) is 1. The van der Waals surface area contributed by atoms with Gasteiger partial charge in [-0.3, -0.25) is 9.10 Å². The molecule has 0 radical (unpaired) electrons. The molecule has 0 heterocycles. The number of hydrogen-bond donors (Lipinski definition) is 1. The summed E-state index contributed by atoms with van der Waals surface area (Å²) in [6, 6.07) is 19.4. The Morgan fingerprint density at radius 3 is 2.06 bits per heavy atom. The zero-order valence-corrected chi connectivity index (χ0v) is 19.2. The summed E-state index contributed by atoms with van der Waals surface area (Å²) < 4.78 is 27.2. The molecule has 1 amide bonds. The van der Waals surface area contributed by atoms with Crippen molar-refractivity contribution in [3.8, 4) is 0 Å². The Labute approximate surface area is 184 Å². The summed E-state index contributed by atoms with van der Waals surface area (Å²) in [5.41, 5.74) is 4.79. The second-order valence-corrected chi connectivity index (χ2v) is 9.42. The van der Waals surface area contributed by atoms with Gasteiger partial charge in [0.1, 0.15) is 0 Å². The van der Waals surface area contributed by atoms with Gasteiger partial charge in [-0.05, 0) is 61.2 Å². The molecule has 0 saturated carbocycles. The molecule has 0 saturated heterocycles. The molecule has 5 nitrogen and oxygen atoms in total. The lowest BCUT2D eigenvalue weighted by Crippen LogP contribution is -2.27. The summed E-state index contributed by atoms with van der Waals surface area (Å²) >= 11 is 0. The van der Waals surface area contributed by atoms with Crippen LogP contribution < -0.4 is 9.62 Å². The monoisotopic (exact) mass is 436 g/mol. The van der Waals surface area contributed by atoms with Crippen LogP contribution in [-0.2, 0) is 22.9 Å². The van der Waals surface area contributed by atoms with Crippen molar-refractivity contribution in [2.45, 2.75) is 38.5 Å². The van der Waals surface area contributed by atoms with E-state index in [0.717, 1.165) is 35.2 Å². The van der Waals surface area contributed by atoms with Crippen LogP contribution in [0.5, 0.6) is 0 Å². The van der Waals surface area contributed by atoms with E-state index in [1.807, 2.05) is 25.1 Å². The molecule has 0 spiro atoms. The van der Waals surface area contributed by atoms with Crippen LogP contribution in [0.25, 0.3) is 0 Å². The highest BCUT2D eigenvalue weighted by atomic mass is 32.2. The fourth-order valence-electron chi connectivity index (χ4n) is 3.44. The van der Waals surface area contributed by atoms with Crippen LogP contribution in [0.1, 0.15) is 40.9 Å². The maximum absolute atomic E-state index is 13.0. The van der Waals surface area contributed by atoms with Gasteiger partial charge >= 0.3 is 0 Å². The van der Waals surface area contributed by atoms with Gasteiger partial charge in [0.25, 0.3) is 15.9 Å². The molecule has 0 aliphatic carbocycles. The first kappa shape index (κ1) is 22.6. The van der Waals surface area contributed by atoms with Crippen molar-refractivity contribution in [2.75, 3.05) is 16.7 Å². The number of benzene rings is 3. The number of aryl methyl sites for hydroxylation is 3. The standard InChI is InChI=1S/C25H28N2O3S/c1-5-19-9-7-10-20(6-2)24(19)26-25(28)21-11-8-12-22(17-21)27(4)31(29,30)23-15-13-18(3)14-16-23/h7-17H,5-6H2,1-4H3,(H,26,28). The number of para-hydroxylation sites is 1. The molecule has 0 atom stereocenters. The predicted octanol–water partition coefficient (Wildman–Crippen LogP) is 5.20. The summed E-state index contributed by atoms with van der Waals surface area (Å²) in [4.78, 5) is 13.2. The minimum Gasteiger partial charge on any atom is -0.321 e. The number of rotatable bonds is 7. The van der Waals surface area contributed by atoms with Gasteiger partial charge in [-0.1, -0.05) is 55.8 Å². The van der Waals surface area contributed by atoms with E-state index in [1.165, 1.54) is 11.4 Å². The summed E-state index contributed by atoms with van der Waals surface area (Å²) in [6.45, 7) is 6.01. The van der Waals surface area contributed by atoms with Gasteiger partial charge < -0.3 is 5.32 Å². The molecule has 0 aromatic heterocycles. The maximum Gasteiger partial charge on any atom is 0.264 e. The van der Waals surface area contributed by atoms with Crippen LogP contribution in [-0.4, -0.2) is 21.4 Å². The first-order chi connectivity index (χ1) is 14.8. The van der Waals surface area contributed by atoms with Crippen molar-refractivity contribution in [1.29, 1.82) is 0 Å².